The number of ether oxygens (including phenoxy) is 1. The maximum Gasteiger partial charge on any atom is 0.316 e. The van der Waals surface area contributed by atoms with Crippen molar-refractivity contribution < 1.29 is 14.3 Å². The third-order valence-corrected chi connectivity index (χ3v) is 4.60. The Morgan fingerprint density at radius 3 is 2.54 bits per heavy atom. The van der Waals surface area contributed by atoms with E-state index in [0.717, 1.165) is 5.56 Å². The SMILES string of the molecule is C[C@@H](c1ccccc1)N1C[C@H](C(=O)Oc2ccccc2Cl)CC1=O. The fraction of sp³-hybridized carbons (Fsp3) is 0.263. The number of carbonyl (C=O) groups excluding carboxylic acids is 2. The first kappa shape index (κ1) is 16.5. The summed E-state index contributed by atoms with van der Waals surface area (Å²) in [6.07, 6.45) is 0.167. The minimum Gasteiger partial charge on any atom is -0.425 e. The van der Waals surface area contributed by atoms with Crippen molar-refractivity contribution in [3.63, 3.8) is 0 Å². The lowest BCUT2D eigenvalue weighted by Crippen LogP contribution is -2.30. The second kappa shape index (κ2) is 7.05. The number of rotatable bonds is 4. The van der Waals surface area contributed by atoms with Crippen molar-refractivity contribution in [3.8, 4) is 5.75 Å². The molecule has 2 aromatic rings. The Balaban J connectivity index is 1.68. The van der Waals surface area contributed by atoms with Crippen LogP contribution in [-0.4, -0.2) is 23.3 Å². The van der Waals surface area contributed by atoms with Gasteiger partial charge in [-0.25, -0.2) is 0 Å². The van der Waals surface area contributed by atoms with Gasteiger partial charge in [-0.1, -0.05) is 54.1 Å². The van der Waals surface area contributed by atoms with Crippen LogP contribution in [0.5, 0.6) is 5.75 Å². The van der Waals surface area contributed by atoms with Gasteiger partial charge in [-0.05, 0) is 24.6 Å². The molecule has 1 fully saturated rings. The zero-order chi connectivity index (χ0) is 17.1. The van der Waals surface area contributed by atoms with Crippen LogP contribution < -0.4 is 4.74 Å². The van der Waals surface area contributed by atoms with Gasteiger partial charge in [0.25, 0.3) is 0 Å². The molecule has 4 nitrogen and oxygen atoms in total. The summed E-state index contributed by atoms with van der Waals surface area (Å²) in [6, 6.07) is 16.5. The number of likely N-dealkylation sites (tertiary alicyclic amines) is 1. The van der Waals surface area contributed by atoms with Crippen LogP contribution in [0, 0.1) is 5.92 Å². The largest absolute Gasteiger partial charge is 0.425 e. The Morgan fingerprint density at radius 1 is 1.17 bits per heavy atom. The molecular weight excluding hydrogens is 326 g/mol. The van der Waals surface area contributed by atoms with E-state index in [4.69, 9.17) is 16.3 Å². The van der Waals surface area contributed by atoms with Crippen molar-refractivity contribution in [2.24, 2.45) is 5.92 Å². The molecule has 1 aliphatic heterocycles. The molecule has 1 amide bonds. The molecule has 1 saturated heterocycles. The number of nitrogens with zero attached hydrogens (tertiary/aromatic N) is 1. The average molecular weight is 344 g/mol. The molecule has 0 aliphatic carbocycles. The normalized spacial score (nSPS) is 18.5. The summed E-state index contributed by atoms with van der Waals surface area (Å²) in [6.45, 7) is 2.33. The zero-order valence-electron chi connectivity index (χ0n) is 13.3. The van der Waals surface area contributed by atoms with Gasteiger partial charge in [-0.15, -0.1) is 0 Å². The molecule has 2 atom stereocenters. The van der Waals surface area contributed by atoms with Crippen LogP contribution in [0.25, 0.3) is 0 Å². The number of benzene rings is 2. The average Bonchev–Trinajstić information content (AvgIpc) is 2.99. The van der Waals surface area contributed by atoms with Crippen LogP contribution in [0.3, 0.4) is 0 Å². The summed E-state index contributed by atoms with van der Waals surface area (Å²) in [7, 11) is 0. The number of carbonyl (C=O) groups is 2. The van der Waals surface area contributed by atoms with Gasteiger partial charge in [0, 0.05) is 13.0 Å². The molecule has 0 saturated carbocycles. The van der Waals surface area contributed by atoms with Gasteiger partial charge in [0.15, 0.2) is 0 Å². The monoisotopic (exact) mass is 343 g/mol. The molecule has 0 N–H and O–H groups in total. The number of esters is 1. The number of hydrogen-bond donors (Lipinski definition) is 0. The van der Waals surface area contributed by atoms with Crippen molar-refractivity contribution in [2.75, 3.05) is 6.54 Å². The lowest BCUT2D eigenvalue weighted by atomic mass is 10.1. The Morgan fingerprint density at radius 2 is 1.83 bits per heavy atom. The van der Waals surface area contributed by atoms with Crippen LogP contribution in [-0.2, 0) is 9.59 Å². The van der Waals surface area contributed by atoms with Gasteiger partial charge < -0.3 is 9.64 Å². The second-order valence-electron chi connectivity index (χ2n) is 5.89. The smallest absolute Gasteiger partial charge is 0.316 e. The first-order chi connectivity index (χ1) is 11.6. The number of amides is 1. The van der Waals surface area contributed by atoms with Gasteiger partial charge in [-0.3, -0.25) is 9.59 Å². The van der Waals surface area contributed by atoms with E-state index in [1.807, 2.05) is 37.3 Å². The molecule has 0 spiro atoms. The van der Waals surface area contributed by atoms with Crippen molar-refractivity contribution in [3.05, 3.63) is 65.2 Å². The fourth-order valence-corrected chi connectivity index (χ4v) is 3.07. The lowest BCUT2D eigenvalue weighted by molar-refractivity contribution is -0.139. The highest BCUT2D eigenvalue weighted by atomic mass is 35.5. The van der Waals surface area contributed by atoms with Gasteiger partial charge in [-0.2, -0.15) is 0 Å². The van der Waals surface area contributed by atoms with Gasteiger partial charge in [0.1, 0.15) is 5.75 Å². The Bertz CT molecular complexity index is 747. The first-order valence-electron chi connectivity index (χ1n) is 7.87. The third kappa shape index (κ3) is 3.44. The number of halogens is 1. The van der Waals surface area contributed by atoms with E-state index >= 15 is 0 Å². The topological polar surface area (TPSA) is 46.6 Å². The van der Waals surface area contributed by atoms with Gasteiger partial charge in [0.2, 0.25) is 5.91 Å². The van der Waals surface area contributed by atoms with Crippen LogP contribution >= 0.6 is 11.6 Å². The maximum absolute atomic E-state index is 12.4. The van der Waals surface area contributed by atoms with Crippen LogP contribution in [0.15, 0.2) is 54.6 Å². The Labute approximate surface area is 146 Å². The summed E-state index contributed by atoms with van der Waals surface area (Å²) < 4.78 is 5.36. The lowest BCUT2D eigenvalue weighted by Gasteiger charge is -2.25. The van der Waals surface area contributed by atoms with Gasteiger partial charge in [0.05, 0.1) is 17.0 Å². The zero-order valence-corrected chi connectivity index (χ0v) is 14.1. The molecule has 0 aromatic heterocycles. The molecule has 0 radical (unpaired) electrons. The van der Waals surface area contributed by atoms with Crippen molar-refractivity contribution in [1.29, 1.82) is 0 Å². The van der Waals surface area contributed by atoms with E-state index in [2.05, 4.69) is 0 Å². The van der Waals surface area contributed by atoms with Gasteiger partial charge >= 0.3 is 5.97 Å². The highest BCUT2D eigenvalue weighted by Gasteiger charge is 2.38. The van der Waals surface area contributed by atoms with Crippen molar-refractivity contribution in [2.45, 2.75) is 19.4 Å². The predicted molar refractivity (Wildman–Crippen MR) is 91.8 cm³/mol. The van der Waals surface area contributed by atoms with Crippen LogP contribution in [0.1, 0.15) is 24.9 Å². The van der Waals surface area contributed by atoms with E-state index < -0.39 is 11.9 Å². The maximum atomic E-state index is 12.4. The molecule has 124 valence electrons. The summed E-state index contributed by atoms with van der Waals surface area (Å²) in [5.74, 6) is -0.599. The Kier molecular flexibility index (Phi) is 4.86. The van der Waals surface area contributed by atoms with E-state index in [9.17, 15) is 9.59 Å². The summed E-state index contributed by atoms with van der Waals surface area (Å²) in [5.41, 5.74) is 1.05. The molecule has 1 heterocycles. The quantitative estimate of drug-likeness (QED) is 0.625. The highest BCUT2D eigenvalue weighted by Crippen LogP contribution is 2.30. The summed E-state index contributed by atoms with van der Waals surface area (Å²) in [5, 5.41) is 0.379. The van der Waals surface area contributed by atoms with E-state index in [1.54, 1.807) is 29.2 Å². The van der Waals surface area contributed by atoms with E-state index in [0.29, 0.717) is 17.3 Å². The number of para-hydroxylation sites is 1. The molecular formula is C19H18ClNO3. The molecule has 5 heteroatoms. The second-order valence-corrected chi connectivity index (χ2v) is 6.29. The highest BCUT2D eigenvalue weighted by molar-refractivity contribution is 6.32. The van der Waals surface area contributed by atoms with Crippen molar-refractivity contribution >= 4 is 23.5 Å². The van der Waals surface area contributed by atoms with Crippen molar-refractivity contribution in [1.82, 2.24) is 4.90 Å². The van der Waals surface area contributed by atoms with E-state index in [-0.39, 0.29) is 18.4 Å². The molecule has 0 bridgehead atoms. The molecule has 1 aliphatic rings. The van der Waals surface area contributed by atoms with Crippen LogP contribution in [0.2, 0.25) is 5.02 Å². The summed E-state index contributed by atoms with van der Waals surface area (Å²) >= 11 is 6.01. The van der Waals surface area contributed by atoms with E-state index in [1.165, 1.54) is 0 Å². The third-order valence-electron chi connectivity index (χ3n) is 4.29. The fourth-order valence-electron chi connectivity index (χ4n) is 2.89. The minimum atomic E-state index is -0.472. The molecule has 0 unspecified atom stereocenters. The molecule has 2 aromatic carbocycles. The standard InChI is InChI=1S/C19H18ClNO3/c1-13(14-7-3-2-4-8-14)21-12-15(11-18(21)22)19(23)24-17-10-6-5-9-16(17)20/h2-10,13,15H,11-12H2,1H3/t13-,15+/m0/s1. The summed E-state index contributed by atoms with van der Waals surface area (Å²) in [4.78, 5) is 26.4. The molecule has 24 heavy (non-hydrogen) atoms. The van der Waals surface area contributed by atoms with Crippen LogP contribution in [0.4, 0.5) is 0 Å². The Hall–Kier alpha value is -2.33. The number of hydrogen-bond acceptors (Lipinski definition) is 3. The predicted octanol–water partition coefficient (Wildman–Crippen LogP) is 3.86. The molecule has 3 rings (SSSR count). The minimum absolute atomic E-state index is 0.0348. The first-order valence-corrected chi connectivity index (χ1v) is 8.24.